The number of rotatable bonds is 2. The lowest BCUT2D eigenvalue weighted by atomic mass is 9.42. The molecule has 6 saturated heterocycles. The van der Waals surface area contributed by atoms with E-state index in [1.54, 1.807) is 7.11 Å². The van der Waals surface area contributed by atoms with Crippen LogP contribution in [0.25, 0.3) is 0 Å². The third kappa shape index (κ3) is 2.73. The first-order chi connectivity index (χ1) is 24.9. The third-order valence-corrected chi connectivity index (χ3v) is 17.7. The summed E-state index contributed by atoms with van der Waals surface area (Å²) in [7, 11) is 3.40. The number of fused-ring (bicyclic) bond motifs is 3. The number of piperidine rings is 3. The fraction of sp³-hybridized carbons (Fsp3) is 0.643. The molecule has 51 heavy (non-hydrogen) atoms. The summed E-state index contributed by atoms with van der Waals surface area (Å²) < 4.78 is 26.0. The van der Waals surface area contributed by atoms with Crippen LogP contribution in [0.1, 0.15) is 62.5 Å². The second-order valence-electron chi connectivity index (χ2n) is 18.4. The second kappa shape index (κ2) is 8.98. The molecule has 13 rings (SSSR count). The van der Waals surface area contributed by atoms with Crippen LogP contribution in [-0.4, -0.2) is 99.2 Å². The molecule has 8 aliphatic heterocycles. The standard InChI is InChI=1S/C42H48N4O5/c1-48-29-9-5-7-27-31(29)44-42-24-20-37-13-18-50-30(37)10-15-45(35(37)42)17-12-41(27,42)39(21-24)23-46-16-11-40-26-6-3-4-8-28(26)43-32(40)25(33(47)49-2)22-38(34(40)46)14-19-51-36(38)39/h3-9,24,30,34-36,43-44H,10-23H2,1-2H3/t24-,30?,34-,35-,36?,37+,38-,39+,40-,41-,42-/m0/s1. The molecule has 2 unspecified atom stereocenters. The van der Waals surface area contributed by atoms with E-state index in [9.17, 15) is 4.79 Å². The molecule has 8 heterocycles. The van der Waals surface area contributed by atoms with Crippen LogP contribution >= 0.6 is 0 Å². The molecule has 0 aromatic heterocycles. The molecule has 5 spiro atoms. The van der Waals surface area contributed by atoms with Crippen LogP contribution in [0, 0.1) is 22.2 Å². The van der Waals surface area contributed by atoms with Gasteiger partial charge in [0.15, 0.2) is 0 Å². The van der Waals surface area contributed by atoms with Crippen molar-refractivity contribution in [2.45, 2.75) is 92.0 Å². The fourth-order valence-electron chi connectivity index (χ4n) is 17.0. The van der Waals surface area contributed by atoms with Crippen molar-refractivity contribution >= 4 is 17.3 Å². The van der Waals surface area contributed by atoms with Crippen molar-refractivity contribution in [3.63, 3.8) is 0 Å². The molecular formula is C42H48N4O5. The number of nitrogens with zero attached hydrogens (tertiary/aromatic N) is 2. The predicted molar refractivity (Wildman–Crippen MR) is 190 cm³/mol. The Balaban J connectivity index is 1.08. The Morgan fingerprint density at radius 1 is 0.882 bits per heavy atom. The first-order valence-corrected chi connectivity index (χ1v) is 19.8. The Hall–Kier alpha value is -3.11. The van der Waals surface area contributed by atoms with E-state index in [4.69, 9.17) is 18.9 Å². The molecule has 2 saturated carbocycles. The maximum atomic E-state index is 14.1. The third-order valence-electron chi connectivity index (χ3n) is 17.7. The van der Waals surface area contributed by atoms with Gasteiger partial charge in [0.2, 0.25) is 0 Å². The number of hydrogen-bond acceptors (Lipinski definition) is 9. The molecule has 9 heteroatoms. The molecule has 0 radical (unpaired) electrons. The van der Waals surface area contributed by atoms with Crippen molar-refractivity contribution in [2.24, 2.45) is 22.2 Å². The van der Waals surface area contributed by atoms with Crippen LogP contribution in [0.2, 0.25) is 0 Å². The number of benzene rings is 2. The number of anilines is 2. The Kier molecular flexibility index (Phi) is 5.17. The molecule has 0 amide bonds. The maximum Gasteiger partial charge on any atom is 0.335 e. The number of carbonyl (C=O) groups excluding carboxylic acids is 1. The van der Waals surface area contributed by atoms with E-state index >= 15 is 0 Å². The number of hydrogen-bond donors (Lipinski definition) is 2. The predicted octanol–water partition coefficient (Wildman–Crippen LogP) is 4.82. The summed E-state index contributed by atoms with van der Waals surface area (Å²) in [6.07, 6.45) is 8.85. The summed E-state index contributed by atoms with van der Waals surface area (Å²) in [5.41, 5.74) is 6.45. The number of ether oxygens (including phenoxy) is 4. The van der Waals surface area contributed by atoms with Crippen molar-refractivity contribution in [1.29, 1.82) is 0 Å². The molecule has 2 aromatic rings. The molecule has 3 aliphatic carbocycles. The van der Waals surface area contributed by atoms with Gasteiger partial charge in [0.25, 0.3) is 0 Å². The normalized spacial score (nSPS) is 48.5. The molecule has 9 nitrogen and oxygen atoms in total. The maximum absolute atomic E-state index is 14.1. The molecule has 8 fully saturated rings. The van der Waals surface area contributed by atoms with Crippen LogP contribution < -0.4 is 15.4 Å². The SMILES string of the molecule is COC(=O)C1=C2Nc3ccccc3[C@@]23CCN2C[C@]4(C[C@@H]5C[C@]67CCOC6CCN6CC[C@]48c4cccc(OC)c4N[C@]58[C@@H]67)C4OCC[C@]4(C1)[C@H]23. The second-order valence-corrected chi connectivity index (χ2v) is 18.4. The highest BCUT2D eigenvalue weighted by atomic mass is 16.5. The summed E-state index contributed by atoms with van der Waals surface area (Å²) in [6.45, 7) is 5.91. The van der Waals surface area contributed by atoms with Gasteiger partial charge in [0.1, 0.15) is 5.75 Å². The van der Waals surface area contributed by atoms with Crippen molar-refractivity contribution in [1.82, 2.24) is 9.80 Å². The van der Waals surface area contributed by atoms with Gasteiger partial charge in [-0.3, -0.25) is 9.80 Å². The number of methoxy groups -OCH3 is 2. The number of esters is 1. The topological polar surface area (TPSA) is 84.5 Å². The molecule has 2 N–H and O–H groups in total. The van der Waals surface area contributed by atoms with Crippen molar-refractivity contribution in [3.8, 4) is 5.75 Å². The minimum atomic E-state index is -0.268. The van der Waals surface area contributed by atoms with Crippen molar-refractivity contribution in [3.05, 3.63) is 64.9 Å². The van der Waals surface area contributed by atoms with E-state index in [1.807, 2.05) is 7.11 Å². The van der Waals surface area contributed by atoms with E-state index < -0.39 is 0 Å². The van der Waals surface area contributed by atoms with Crippen LogP contribution in [0.3, 0.4) is 0 Å². The average Bonchev–Trinajstić information content (AvgIpc) is 4.01. The van der Waals surface area contributed by atoms with Crippen LogP contribution in [0.4, 0.5) is 11.4 Å². The van der Waals surface area contributed by atoms with Gasteiger partial charge in [-0.1, -0.05) is 30.3 Å². The monoisotopic (exact) mass is 688 g/mol. The Bertz CT molecular complexity index is 2000. The minimum absolute atomic E-state index is 0.0262. The van der Waals surface area contributed by atoms with Gasteiger partial charge in [-0.2, -0.15) is 0 Å². The Labute approximate surface area is 299 Å². The van der Waals surface area contributed by atoms with Gasteiger partial charge in [0.05, 0.1) is 48.6 Å². The number of carbonyl (C=O) groups is 1. The van der Waals surface area contributed by atoms with E-state index in [1.165, 1.54) is 29.7 Å². The zero-order valence-corrected chi connectivity index (χ0v) is 29.8. The van der Waals surface area contributed by atoms with Gasteiger partial charge in [-0.15, -0.1) is 0 Å². The molecule has 11 atom stereocenters. The van der Waals surface area contributed by atoms with Gasteiger partial charge in [0, 0.05) is 71.4 Å². The van der Waals surface area contributed by atoms with Gasteiger partial charge < -0.3 is 29.6 Å². The smallest absolute Gasteiger partial charge is 0.335 e. The number of para-hydroxylation sites is 2. The Morgan fingerprint density at radius 3 is 2.63 bits per heavy atom. The number of nitrogens with one attached hydrogen (secondary N) is 2. The Morgan fingerprint density at radius 2 is 1.73 bits per heavy atom. The van der Waals surface area contributed by atoms with Crippen LogP contribution in [0.5, 0.6) is 5.75 Å². The molecular weight excluding hydrogens is 640 g/mol. The first-order valence-electron chi connectivity index (χ1n) is 19.8. The lowest BCUT2D eigenvalue weighted by Crippen LogP contribution is -2.79. The van der Waals surface area contributed by atoms with Crippen LogP contribution in [0.15, 0.2) is 53.7 Å². The van der Waals surface area contributed by atoms with Gasteiger partial charge >= 0.3 is 5.97 Å². The first kappa shape index (κ1) is 29.4. The quantitative estimate of drug-likeness (QED) is 0.432. The van der Waals surface area contributed by atoms with Gasteiger partial charge in [-0.05, 0) is 93.6 Å². The zero-order chi connectivity index (χ0) is 33.8. The minimum Gasteiger partial charge on any atom is -0.495 e. The highest BCUT2D eigenvalue weighted by Gasteiger charge is 2.89. The van der Waals surface area contributed by atoms with E-state index in [0.29, 0.717) is 24.5 Å². The highest BCUT2D eigenvalue weighted by molar-refractivity contribution is 5.93. The van der Waals surface area contributed by atoms with E-state index in [0.717, 1.165) is 94.2 Å². The lowest BCUT2D eigenvalue weighted by Gasteiger charge is -2.68. The summed E-state index contributed by atoms with van der Waals surface area (Å²) in [5.74, 6) is 1.28. The summed E-state index contributed by atoms with van der Waals surface area (Å²) >= 11 is 0. The van der Waals surface area contributed by atoms with Crippen molar-refractivity contribution < 1.29 is 23.7 Å². The summed E-state index contributed by atoms with van der Waals surface area (Å²) in [5, 5.41) is 8.31. The van der Waals surface area contributed by atoms with E-state index in [-0.39, 0.29) is 50.7 Å². The molecule has 11 aliphatic rings. The van der Waals surface area contributed by atoms with Crippen molar-refractivity contribution in [2.75, 3.05) is 64.2 Å². The lowest BCUT2D eigenvalue weighted by molar-refractivity contribution is -0.191. The molecule has 2 aromatic carbocycles. The fourth-order valence-corrected chi connectivity index (χ4v) is 17.0. The average molecular weight is 689 g/mol. The summed E-state index contributed by atoms with van der Waals surface area (Å²) in [4.78, 5) is 19.9. The highest BCUT2D eigenvalue weighted by Crippen LogP contribution is 2.84. The van der Waals surface area contributed by atoms with E-state index in [2.05, 4.69) is 62.9 Å². The summed E-state index contributed by atoms with van der Waals surface area (Å²) in [6, 6.07) is 16.4. The zero-order valence-electron chi connectivity index (χ0n) is 29.8. The van der Waals surface area contributed by atoms with Crippen LogP contribution in [-0.2, 0) is 29.8 Å². The molecule has 0 bridgehead atoms. The molecule has 266 valence electrons. The van der Waals surface area contributed by atoms with Gasteiger partial charge in [-0.25, -0.2) is 4.79 Å². The largest absolute Gasteiger partial charge is 0.495 e.